The van der Waals surface area contributed by atoms with Crippen LogP contribution in [0.15, 0.2) is 103 Å². The summed E-state index contributed by atoms with van der Waals surface area (Å²) in [6.45, 7) is 14.2. The monoisotopic (exact) mass is 800 g/mol. The molecule has 0 atom stereocenters. The zero-order chi connectivity index (χ0) is 40.9. The maximum absolute atomic E-state index is 13.6. The van der Waals surface area contributed by atoms with Crippen LogP contribution in [0.3, 0.4) is 0 Å². The third-order valence-electron chi connectivity index (χ3n) is 9.83. The number of amides is 3. The van der Waals surface area contributed by atoms with Gasteiger partial charge in [-0.15, -0.1) is 0 Å². The topological polar surface area (TPSA) is 153 Å². The van der Waals surface area contributed by atoms with Gasteiger partial charge in [-0.1, -0.05) is 57.2 Å². The van der Waals surface area contributed by atoms with Crippen LogP contribution in [0.4, 0.5) is 16.3 Å². The van der Waals surface area contributed by atoms with Gasteiger partial charge in [-0.3, -0.25) is 15.0 Å². The van der Waals surface area contributed by atoms with Gasteiger partial charge in [0, 0.05) is 78.0 Å². The molecule has 4 aromatic carbocycles. The second kappa shape index (κ2) is 17.3. The number of ether oxygens (including phenoxy) is 2. The summed E-state index contributed by atoms with van der Waals surface area (Å²) in [6.07, 6.45) is 2.06. The number of fused-ring (bicyclic) bond motifs is 1. The van der Waals surface area contributed by atoms with Gasteiger partial charge in [-0.25, -0.2) is 14.5 Å². The highest BCUT2D eigenvalue weighted by atomic mass is 31.2. The number of rotatable bonds is 12. The third-order valence-corrected chi connectivity index (χ3v) is 11.4. The third kappa shape index (κ3) is 9.97. The molecule has 13 nitrogen and oxygen atoms in total. The first-order valence-electron chi connectivity index (χ1n) is 19.3. The van der Waals surface area contributed by atoms with E-state index in [9.17, 15) is 14.2 Å². The predicted octanol–water partition coefficient (Wildman–Crippen LogP) is 7.45. The Morgan fingerprint density at radius 3 is 2.38 bits per heavy atom. The summed E-state index contributed by atoms with van der Waals surface area (Å²) in [6, 6.07) is 29.2. The number of anilines is 2. The number of urea groups is 1. The van der Waals surface area contributed by atoms with Crippen molar-refractivity contribution in [3.63, 3.8) is 0 Å². The molecule has 1 aliphatic heterocycles. The molecular weight excluding hydrogens is 752 g/mol. The molecule has 0 bridgehead atoms. The first kappa shape index (κ1) is 40.3. The smallest absolute Gasteiger partial charge is 0.324 e. The summed E-state index contributed by atoms with van der Waals surface area (Å²) in [4.78, 5) is 38.0. The average Bonchev–Trinajstić information content (AvgIpc) is 3.63. The van der Waals surface area contributed by atoms with Gasteiger partial charge in [0.15, 0.2) is 0 Å². The van der Waals surface area contributed by atoms with Crippen molar-refractivity contribution >= 4 is 46.7 Å². The van der Waals surface area contributed by atoms with Crippen LogP contribution in [-0.2, 0) is 21.1 Å². The normalized spacial score (nSPS) is 13.6. The molecule has 1 saturated heterocycles. The molecule has 0 saturated carbocycles. The van der Waals surface area contributed by atoms with Crippen molar-refractivity contribution in [2.75, 3.05) is 63.4 Å². The Bertz CT molecular complexity index is 2470. The summed E-state index contributed by atoms with van der Waals surface area (Å²) in [5.41, 5.74) is 3.32. The Balaban J connectivity index is 1.03. The van der Waals surface area contributed by atoms with E-state index in [4.69, 9.17) is 14.6 Å². The molecule has 3 N–H and O–H groups in total. The summed E-state index contributed by atoms with van der Waals surface area (Å²) in [5, 5.41) is 16.2. The fourth-order valence-electron chi connectivity index (χ4n) is 6.62. The molecular formula is C44H49N8O5P. The second-order valence-electron chi connectivity index (χ2n) is 15.7. The van der Waals surface area contributed by atoms with E-state index in [1.54, 1.807) is 48.5 Å². The minimum Gasteiger partial charge on any atom is -0.438 e. The molecule has 6 aromatic rings. The summed E-state index contributed by atoms with van der Waals surface area (Å²) < 4.78 is 26.1. The number of nitrogens with zero attached hydrogens (tertiary/aromatic N) is 5. The maximum Gasteiger partial charge on any atom is 0.324 e. The quantitative estimate of drug-likeness (QED) is 0.107. The van der Waals surface area contributed by atoms with E-state index in [1.165, 1.54) is 0 Å². The van der Waals surface area contributed by atoms with Crippen molar-refractivity contribution in [1.29, 1.82) is 0 Å². The highest BCUT2D eigenvalue weighted by Gasteiger charge is 2.23. The molecule has 7 rings (SSSR count). The van der Waals surface area contributed by atoms with Gasteiger partial charge in [0.2, 0.25) is 5.88 Å². The molecule has 2 aromatic heterocycles. The molecule has 0 aliphatic carbocycles. The predicted molar refractivity (Wildman–Crippen MR) is 229 cm³/mol. The van der Waals surface area contributed by atoms with Gasteiger partial charge < -0.3 is 24.7 Å². The SMILES string of the molecule is CC(C)(C)c1cc(NC(=O)Nc2ccc(Oc3ccnc(Cc4cccc(C(=O)NCCN5CCOCC5)c4)n3)c3ccccc23)n(-c2ccc(P(C)(C)=O)cc2)n1. The lowest BCUT2D eigenvalue weighted by molar-refractivity contribution is 0.0383. The van der Waals surface area contributed by atoms with E-state index >= 15 is 0 Å². The van der Waals surface area contributed by atoms with E-state index in [1.807, 2.05) is 72.8 Å². The van der Waals surface area contributed by atoms with E-state index in [-0.39, 0.29) is 11.3 Å². The summed E-state index contributed by atoms with van der Waals surface area (Å²) in [5.74, 6) is 1.83. The number of morpholine rings is 1. The van der Waals surface area contributed by atoms with Crippen molar-refractivity contribution in [1.82, 2.24) is 30.0 Å². The molecule has 0 radical (unpaired) electrons. The fraction of sp³-hybridized carbons (Fsp3) is 0.295. The minimum absolute atomic E-state index is 0.120. The van der Waals surface area contributed by atoms with Gasteiger partial charge in [-0.2, -0.15) is 10.1 Å². The largest absolute Gasteiger partial charge is 0.438 e. The van der Waals surface area contributed by atoms with Crippen LogP contribution in [0, 0.1) is 0 Å². The van der Waals surface area contributed by atoms with Crippen molar-refractivity contribution in [3.8, 4) is 17.3 Å². The lowest BCUT2D eigenvalue weighted by atomic mass is 9.92. The van der Waals surface area contributed by atoms with E-state index in [0.717, 1.165) is 65.9 Å². The summed E-state index contributed by atoms with van der Waals surface area (Å²) in [7, 11) is -2.43. The van der Waals surface area contributed by atoms with Crippen LogP contribution in [0.5, 0.6) is 11.6 Å². The Hall–Kier alpha value is -5.88. The lowest BCUT2D eigenvalue weighted by Crippen LogP contribution is -2.41. The Morgan fingerprint density at radius 1 is 0.879 bits per heavy atom. The molecule has 3 heterocycles. The highest BCUT2D eigenvalue weighted by molar-refractivity contribution is 7.70. The van der Waals surface area contributed by atoms with Crippen molar-refractivity contribution in [2.45, 2.75) is 32.6 Å². The van der Waals surface area contributed by atoms with Crippen molar-refractivity contribution < 1.29 is 23.6 Å². The molecule has 1 aliphatic rings. The van der Waals surface area contributed by atoms with Crippen LogP contribution in [-0.4, -0.2) is 89.3 Å². The van der Waals surface area contributed by atoms with Crippen LogP contribution in [0.2, 0.25) is 0 Å². The van der Waals surface area contributed by atoms with Gasteiger partial charge in [0.25, 0.3) is 5.91 Å². The zero-order valence-corrected chi connectivity index (χ0v) is 34.4. The number of carbonyl (C=O) groups is 2. The van der Waals surface area contributed by atoms with Crippen LogP contribution >= 0.6 is 7.14 Å². The van der Waals surface area contributed by atoms with Crippen LogP contribution in [0.1, 0.15) is 48.2 Å². The maximum atomic E-state index is 13.6. The van der Waals surface area contributed by atoms with E-state index < -0.39 is 13.2 Å². The highest BCUT2D eigenvalue weighted by Crippen LogP contribution is 2.36. The summed E-state index contributed by atoms with van der Waals surface area (Å²) >= 11 is 0. The van der Waals surface area contributed by atoms with Gasteiger partial charge in [0.05, 0.1) is 30.3 Å². The molecule has 3 amide bonds. The Labute approximate surface area is 338 Å². The van der Waals surface area contributed by atoms with Crippen molar-refractivity contribution in [2.24, 2.45) is 0 Å². The lowest BCUT2D eigenvalue weighted by Gasteiger charge is -2.26. The average molecular weight is 801 g/mol. The number of hydrogen-bond acceptors (Lipinski definition) is 9. The Kier molecular flexibility index (Phi) is 12.0. The van der Waals surface area contributed by atoms with Crippen molar-refractivity contribution in [3.05, 3.63) is 126 Å². The number of aromatic nitrogens is 4. The van der Waals surface area contributed by atoms with E-state index in [2.05, 4.69) is 51.6 Å². The molecule has 300 valence electrons. The second-order valence-corrected chi connectivity index (χ2v) is 18.9. The first-order valence-corrected chi connectivity index (χ1v) is 21.9. The number of benzene rings is 4. The number of hydrogen-bond donors (Lipinski definition) is 3. The van der Waals surface area contributed by atoms with Crippen LogP contribution < -0.4 is 26.0 Å². The van der Waals surface area contributed by atoms with Gasteiger partial charge in [0.1, 0.15) is 24.5 Å². The first-order chi connectivity index (χ1) is 27.8. The van der Waals surface area contributed by atoms with Gasteiger partial charge in [-0.05, 0) is 67.4 Å². The number of carbonyl (C=O) groups excluding carboxylic acids is 2. The standard InChI is InChI=1S/C44H49N8O5P/c1-44(2,3)38-29-40(52(50-38)32-13-15-33(16-14-32)58(4,5)55)49-43(54)47-36-17-18-37(35-12-7-6-11-34(35)36)57-41-19-20-45-39(48-41)28-30-9-8-10-31(27-30)42(53)46-21-22-51-23-25-56-26-24-51/h6-20,27,29H,21-26,28H2,1-5H3,(H,46,53)(H2,47,49,54). The molecule has 14 heteroatoms. The Morgan fingerprint density at radius 2 is 1.64 bits per heavy atom. The molecule has 1 fully saturated rings. The molecule has 58 heavy (non-hydrogen) atoms. The molecule has 0 spiro atoms. The van der Waals surface area contributed by atoms with Gasteiger partial charge >= 0.3 is 6.03 Å². The number of nitrogens with one attached hydrogen (secondary N) is 3. The fourth-order valence-corrected chi connectivity index (χ4v) is 7.49. The minimum atomic E-state index is -2.43. The van der Waals surface area contributed by atoms with Crippen LogP contribution in [0.25, 0.3) is 16.5 Å². The van der Waals surface area contributed by atoms with E-state index in [0.29, 0.717) is 47.5 Å². The zero-order valence-electron chi connectivity index (χ0n) is 33.5. The molecule has 0 unspecified atom stereocenters.